The molecule has 0 amide bonds. The molecular formula is C11H11N3O. The van der Waals surface area contributed by atoms with Crippen molar-refractivity contribution in [1.82, 2.24) is 4.98 Å². The monoisotopic (exact) mass is 201 g/mol. The highest BCUT2D eigenvalue weighted by Gasteiger charge is 2.16. The van der Waals surface area contributed by atoms with Crippen molar-refractivity contribution in [2.75, 3.05) is 18.0 Å². The molecule has 1 aliphatic rings. The predicted octanol–water partition coefficient (Wildman–Crippen LogP) is 1.12. The molecule has 4 nitrogen and oxygen atoms in total. The lowest BCUT2D eigenvalue weighted by molar-refractivity contribution is -0.119. The summed E-state index contributed by atoms with van der Waals surface area (Å²) in [6.45, 7) is 1.51. The number of nitriles is 1. The van der Waals surface area contributed by atoms with Gasteiger partial charge < -0.3 is 4.90 Å². The molecule has 1 aromatic heterocycles. The summed E-state index contributed by atoms with van der Waals surface area (Å²) in [4.78, 5) is 17.2. The van der Waals surface area contributed by atoms with Crippen LogP contribution in [0.5, 0.6) is 0 Å². The molecule has 0 aromatic carbocycles. The minimum absolute atomic E-state index is 0.327. The quantitative estimate of drug-likeness (QED) is 0.683. The summed E-state index contributed by atoms with van der Waals surface area (Å²) < 4.78 is 0. The number of carbonyl (C=O) groups is 1. The van der Waals surface area contributed by atoms with Crippen LogP contribution < -0.4 is 4.90 Å². The number of aromatic nitrogens is 1. The number of nitrogens with zero attached hydrogens (tertiary/aromatic N) is 3. The summed E-state index contributed by atoms with van der Waals surface area (Å²) in [5.74, 6) is 0.327. The highest BCUT2D eigenvalue weighted by atomic mass is 16.1. The van der Waals surface area contributed by atoms with Gasteiger partial charge in [-0.15, -0.1) is 0 Å². The molecule has 0 saturated carbocycles. The molecule has 0 spiro atoms. The first kappa shape index (κ1) is 9.66. The Morgan fingerprint density at radius 3 is 2.60 bits per heavy atom. The maximum atomic E-state index is 11.1. The first-order valence-corrected chi connectivity index (χ1v) is 4.92. The average Bonchev–Trinajstić information content (AvgIpc) is 2.30. The van der Waals surface area contributed by atoms with Crippen molar-refractivity contribution in [3.63, 3.8) is 0 Å². The summed E-state index contributed by atoms with van der Waals surface area (Å²) in [5, 5.41) is 8.60. The molecule has 0 N–H and O–H groups in total. The van der Waals surface area contributed by atoms with Crippen molar-refractivity contribution in [3.05, 3.63) is 24.0 Å². The Labute approximate surface area is 88.1 Å². The standard InChI is InChI=1S/C11H11N3O/c12-7-9-1-2-10(8-13-9)14-5-3-11(15)4-6-14/h1-2,8H,3-6H2. The van der Waals surface area contributed by atoms with Crippen LogP contribution in [0.2, 0.25) is 0 Å². The number of Topliss-reactive ketones (excluding diaryl/α,β-unsaturated/α-hetero) is 1. The topological polar surface area (TPSA) is 57.0 Å². The molecule has 2 rings (SSSR count). The van der Waals surface area contributed by atoms with E-state index < -0.39 is 0 Å². The third kappa shape index (κ3) is 2.13. The van der Waals surface area contributed by atoms with Gasteiger partial charge in [-0.05, 0) is 12.1 Å². The Bertz CT molecular complexity index is 395. The molecule has 4 heteroatoms. The molecule has 0 unspecified atom stereocenters. The van der Waals surface area contributed by atoms with Crippen LogP contribution in [-0.2, 0) is 4.79 Å². The number of rotatable bonds is 1. The predicted molar refractivity (Wildman–Crippen MR) is 55.4 cm³/mol. The molecule has 0 radical (unpaired) electrons. The molecule has 0 aliphatic carbocycles. The number of carbonyl (C=O) groups excluding carboxylic acids is 1. The second-order valence-electron chi connectivity index (χ2n) is 3.54. The Morgan fingerprint density at radius 1 is 1.33 bits per heavy atom. The van der Waals surface area contributed by atoms with Gasteiger partial charge in [0.05, 0.1) is 11.9 Å². The minimum atomic E-state index is 0.327. The van der Waals surface area contributed by atoms with E-state index in [2.05, 4.69) is 9.88 Å². The van der Waals surface area contributed by atoms with E-state index >= 15 is 0 Å². The molecule has 1 aromatic rings. The zero-order chi connectivity index (χ0) is 10.7. The van der Waals surface area contributed by atoms with Gasteiger partial charge in [-0.2, -0.15) is 5.26 Å². The Kier molecular flexibility index (Phi) is 2.64. The molecule has 0 bridgehead atoms. The third-order valence-corrected chi connectivity index (χ3v) is 2.55. The molecule has 2 heterocycles. The minimum Gasteiger partial charge on any atom is -0.369 e. The number of ketones is 1. The van der Waals surface area contributed by atoms with Gasteiger partial charge in [0.1, 0.15) is 17.5 Å². The van der Waals surface area contributed by atoms with Crippen LogP contribution in [0, 0.1) is 11.3 Å². The van der Waals surface area contributed by atoms with Crippen LogP contribution in [0.15, 0.2) is 18.3 Å². The largest absolute Gasteiger partial charge is 0.369 e. The maximum Gasteiger partial charge on any atom is 0.140 e. The Balaban J connectivity index is 2.10. The van der Waals surface area contributed by atoms with Crippen LogP contribution >= 0.6 is 0 Å². The van der Waals surface area contributed by atoms with Gasteiger partial charge in [-0.25, -0.2) is 4.98 Å². The van der Waals surface area contributed by atoms with Gasteiger partial charge in [0.25, 0.3) is 0 Å². The van der Waals surface area contributed by atoms with Crippen molar-refractivity contribution in [3.8, 4) is 6.07 Å². The van der Waals surface area contributed by atoms with Crippen LogP contribution in [0.25, 0.3) is 0 Å². The number of anilines is 1. The first-order chi connectivity index (χ1) is 7.29. The van der Waals surface area contributed by atoms with E-state index in [1.165, 1.54) is 0 Å². The highest BCUT2D eigenvalue weighted by Crippen LogP contribution is 2.17. The van der Waals surface area contributed by atoms with E-state index in [9.17, 15) is 4.79 Å². The number of piperidine rings is 1. The van der Waals surface area contributed by atoms with E-state index in [1.54, 1.807) is 12.3 Å². The van der Waals surface area contributed by atoms with Gasteiger partial charge >= 0.3 is 0 Å². The zero-order valence-electron chi connectivity index (χ0n) is 8.31. The van der Waals surface area contributed by atoms with Crippen molar-refractivity contribution in [2.24, 2.45) is 0 Å². The molecule has 0 atom stereocenters. The highest BCUT2D eigenvalue weighted by molar-refractivity contribution is 5.80. The van der Waals surface area contributed by atoms with Crippen molar-refractivity contribution >= 4 is 11.5 Å². The van der Waals surface area contributed by atoms with Crippen LogP contribution in [-0.4, -0.2) is 23.9 Å². The lowest BCUT2D eigenvalue weighted by Gasteiger charge is -2.27. The lowest BCUT2D eigenvalue weighted by atomic mass is 10.1. The first-order valence-electron chi connectivity index (χ1n) is 4.92. The van der Waals surface area contributed by atoms with Gasteiger partial charge in [0.15, 0.2) is 0 Å². The van der Waals surface area contributed by atoms with Crippen LogP contribution in [0.1, 0.15) is 18.5 Å². The zero-order valence-corrected chi connectivity index (χ0v) is 8.31. The Morgan fingerprint density at radius 2 is 2.07 bits per heavy atom. The summed E-state index contributed by atoms with van der Waals surface area (Å²) >= 11 is 0. The number of pyridine rings is 1. The third-order valence-electron chi connectivity index (χ3n) is 2.55. The summed E-state index contributed by atoms with van der Waals surface area (Å²) in [6, 6.07) is 5.56. The van der Waals surface area contributed by atoms with E-state index in [4.69, 9.17) is 5.26 Å². The van der Waals surface area contributed by atoms with Gasteiger partial charge in [-0.1, -0.05) is 0 Å². The second kappa shape index (κ2) is 4.09. The molecule has 1 aliphatic heterocycles. The molecule has 1 saturated heterocycles. The van der Waals surface area contributed by atoms with Crippen molar-refractivity contribution in [2.45, 2.75) is 12.8 Å². The van der Waals surface area contributed by atoms with Crippen LogP contribution in [0.4, 0.5) is 5.69 Å². The molecular weight excluding hydrogens is 190 g/mol. The van der Waals surface area contributed by atoms with Gasteiger partial charge in [0, 0.05) is 25.9 Å². The van der Waals surface area contributed by atoms with Gasteiger partial charge in [0.2, 0.25) is 0 Å². The average molecular weight is 201 g/mol. The Hall–Kier alpha value is -1.89. The SMILES string of the molecule is N#Cc1ccc(N2CCC(=O)CC2)cn1. The normalized spacial score (nSPS) is 16.2. The summed E-state index contributed by atoms with van der Waals surface area (Å²) in [5.41, 5.74) is 1.41. The number of hydrogen-bond donors (Lipinski definition) is 0. The summed E-state index contributed by atoms with van der Waals surface area (Å²) in [6.07, 6.45) is 2.91. The van der Waals surface area contributed by atoms with Crippen molar-refractivity contribution in [1.29, 1.82) is 5.26 Å². The molecule has 15 heavy (non-hydrogen) atoms. The lowest BCUT2D eigenvalue weighted by Crippen LogP contribution is -2.33. The summed E-state index contributed by atoms with van der Waals surface area (Å²) in [7, 11) is 0. The fraction of sp³-hybridized carbons (Fsp3) is 0.364. The van der Waals surface area contributed by atoms with E-state index in [0.717, 1.165) is 18.8 Å². The fourth-order valence-corrected chi connectivity index (χ4v) is 1.65. The molecule has 1 fully saturated rings. The van der Waals surface area contributed by atoms with Gasteiger partial charge in [-0.3, -0.25) is 4.79 Å². The fourth-order valence-electron chi connectivity index (χ4n) is 1.65. The van der Waals surface area contributed by atoms with Crippen LogP contribution in [0.3, 0.4) is 0 Å². The van der Waals surface area contributed by atoms with Crippen molar-refractivity contribution < 1.29 is 4.79 Å². The maximum absolute atomic E-state index is 11.1. The van der Waals surface area contributed by atoms with E-state index in [1.807, 2.05) is 12.1 Å². The molecule has 76 valence electrons. The smallest absolute Gasteiger partial charge is 0.140 e. The van der Waals surface area contributed by atoms with E-state index in [-0.39, 0.29) is 0 Å². The number of hydrogen-bond acceptors (Lipinski definition) is 4. The van der Waals surface area contributed by atoms with E-state index in [0.29, 0.717) is 24.3 Å². The second-order valence-corrected chi connectivity index (χ2v) is 3.54.